The number of carbonyl (C=O) groups is 1. The summed E-state index contributed by atoms with van der Waals surface area (Å²) in [5.41, 5.74) is 3.22. The number of aryl methyl sites for hydroxylation is 2. The van der Waals surface area contributed by atoms with E-state index >= 15 is 0 Å². The van der Waals surface area contributed by atoms with Crippen molar-refractivity contribution in [3.8, 4) is 0 Å². The number of rotatable bonds is 5. The lowest BCUT2D eigenvalue weighted by molar-refractivity contribution is 0.0695. The van der Waals surface area contributed by atoms with Crippen LogP contribution in [-0.2, 0) is 6.54 Å². The van der Waals surface area contributed by atoms with Crippen LogP contribution in [-0.4, -0.2) is 45.1 Å². The van der Waals surface area contributed by atoms with Gasteiger partial charge in [-0.15, -0.1) is 0 Å². The molecule has 0 spiro atoms. The quantitative estimate of drug-likeness (QED) is 0.879. The van der Waals surface area contributed by atoms with Crippen LogP contribution in [0, 0.1) is 13.8 Å². The van der Waals surface area contributed by atoms with Gasteiger partial charge < -0.3 is 10.4 Å². The minimum atomic E-state index is -0.996. The van der Waals surface area contributed by atoms with Crippen molar-refractivity contribution in [3.63, 3.8) is 0 Å². The van der Waals surface area contributed by atoms with E-state index in [1.807, 2.05) is 0 Å². The summed E-state index contributed by atoms with van der Waals surface area (Å²) in [7, 11) is 0. The first-order valence-electron chi connectivity index (χ1n) is 8.12. The fraction of sp³-hybridized carbons (Fsp3) is 0.389. The summed E-state index contributed by atoms with van der Waals surface area (Å²) in [5, 5.41) is 12.3. The Balaban J connectivity index is 1.57. The van der Waals surface area contributed by atoms with Crippen LogP contribution >= 0.6 is 0 Å². The molecule has 2 N–H and O–H groups in total. The van der Waals surface area contributed by atoms with E-state index < -0.39 is 5.97 Å². The number of hydrogen-bond donors (Lipinski definition) is 2. The van der Waals surface area contributed by atoms with Crippen molar-refractivity contribution in [2.45, 2.75) is 32.9 Å². The van der Waals surface area contributed by atoms with Gasteiger partial charge in [-0.3, -0.25) is 4.90 Å². The normalized spacial score (nSPS) is 17.8. The van der Waals surface area contributed by atoms with Gasteiger partial charge in [0.1, 0.15) is 0 Å². The second-order valence-corrected chi connectivity index (χ2v) is 6.35. The summed E-state index contributed by atoms with van der Waals surface area (Å²) in [6.07, 6.45) is 2.39. The highest BCUT2D eigenvalue weighted by molar-refractivity contribution is 5.88. The van der Waals surface area contributed by atoms with Gasteiger partial charge in [0.05, 0.1) is 11.3 Å². The van der Waals surface area contributed by atoms with E-state index in [4.69, 9.17) is 5.11 Å². The van der Waals surface area contributed by atoms with Crippen molar-refractivity contribution in [1.29, 1.82) is 0 Å². The van der Waals surface area contributed by atoms with Crippen LogP contribution in [0.1, 0.15) is 33.6 Å². The molecule has 1 saturated heterocycles. The fourth-order valence-corrected chi connectivity index (χ4v) is 2.97. The second-order valence-electron chi connectivity index (χ2n) is 6.35. The average Bonchev–Trinajstić information content (AvgIpc) is 2.96. The molecule has 1 aromatic heterocycles. The maximum atomic E-state index is 11.0. The molecule has 1 aliphatic heterocycles. The highest BCUT2D eigenvalue weighted by atomic mass is 16.4. The third-order valence-corrected chi connectivity index (χ3v) is 4.34. The molecule has 1 atom stereocenters. The molecule has 0 saturated carbocycles. The van der Waals surface area contributed by atoms with Crippen LogP contribution in [0.15, 0.2) is 30.5 Å². The molecule has 126 valence electrons. The van der Waals surface area contributed by atoms with Gasteiger partial charge in [0, 0.05) is 31.9 Å². The molecule has 1 fully saturated rings. The van der Waals surface area contributed by atoms with Gasteiger partial charge in [0.25, 0.3) is 0 Å². The topological polar surface area (TPSA) is 78.4 Å². The van der Waals surface area contributed by atoms with Crippen LogP contribution < -0.4 is 5.32 Å². The molecular weight excluding hydrogens is 304 g/mol. The zero-order valence-corrected chi connectivity index (χ0v) is 14.0. The van der Waals surface area contributed by atoms with Crippen molar-refractivity contribution in [1.82, 2.24) is 14.9 Å². The van der Waals surface area contributed by atoms with Gasteiger partial charge >= 0.3 is 5.97 Å². The fourth-order valence-electron chi connectivity index (χ4n) is 2.97. The lowest BCUT2D eigenvalue weighted by atomic mass is 10.1. The van der Waals surface area contributed by atoms with Crippen molar-refractivity contribution >= 4 is 11.9 Å². The summed E-state index contributed by atoms with van der Waals surface area (Å²) in [6.45, 7) is 6.68. The summed E-state index contributed by atoms with van der Waals surface area (Å²) >= 11 is 0. The van der Waals surface area contributed by atoms with Gasteiger partial charge in [-0.1, -0.05) is 29.8 Å². The summed E-state index contributed by atoms with van der Waals surface area (Å²) in [6, 6.07) is 8.91. The van der Waals surface area contributed by atoms with E-state index in [1.165, 1.54) is 17.3 Å². The summed E-state index contributed by atoms with van der Waals surface area (Å²) in [4.78, 5) is 21.8. The SMILES string of the molecule is Cc1ccc(CN2CC[C@@H](Nc3ncc(C(=O)O)c(C)n3)C2)cc1. The number of nitrogens with zero attached hydrogens (tertiary/aromatic N) is 3. The first-order chi connectivity index (χ1) is 11.5. The molecular formula is C18H22N4O2. The lowest BCUT2D eigenvalue weighted by Gasteiger charge is -2.17. The Morgan fingerprint density at radius 2 is 2.08 bits per heavy atom. The molecule has 2 heterocycles. The van der Waals surface area contributed by atoms with Crippen LogP contribution in [0.25, 0.3) is 0 Å². The predicted molar refractivity (Wildman–Crippen MR) is 92.2 cm³/mol. The molecule has 0 unspecified atom stereocenters. The number of aromatic nitrogens is 2. The van der Waals surface area contributed by atoms with Gasteiger partial charge in [-0.05, 0) is 25.8 Å². The number of benzene rings is 1. The van der Waals surface area contributed by atoms with Crippen LogP contribution in [0.2, 0.25) is 0 Å². The number of carboxylic acids is 1. The van der Waals surface area contributed by atoms with E-state index in [1.54, 1.807) is 6.92 Å². The Morgan fingerprint density at radius 3 is 2.75 bits per heavy atom. The van der Waals surface area contributed by atoms with E-state index in [0.717, 1.165) is 26.1 Å². The first kappa shape index (κ1) is 16.4. The Bertz CT molecular complexity index is 730. The monoisotopic (exact) mass is 326 g/mol. The summed E-state index contributed by atoms with van der Waals surface area (Å²) in [5.74, 6) is -0.496. The largest absolute Gasteiger partial charge is 0.478 e. The first-order valence-corrected chi connectivity index (χ1v) is 8.12. The third-order valence-electron chi connectivity index (χ3n) is 4.34. The maximum Gasteiger partial charge on any atom is 0.339 e. The highest BCUT2D eigenvalue weighted by Crippen LogP contribution is 2.17. The third kappa shape index (κ3) is 3.89. The average molecular weight is 326 g/mol. The lowest BCUT2D eigenvalue weighted by Crippen LogP contribution is -2.27. The van der Waals surface area contributed by atoms with Gasteiger partial charge in [-0.25, -0.2) is 14.8 Å². The van der Waals surface area contributed by atoms with E-state index in [9.17, 15) is 4.79 Å². The van der Waals surface area contributed by atoms with Gasteiger partial charge in [-0.2, -0.15) is 0 Å². The molecule has 0 amide bonds. The number of carboxylic acid groups (broad SMARTS) is 1. The molecule has 6 nitrogen and oxygen atoms in total. The van der Waals surface area contributed by atoms with Crippen LogP contribution in [0.3, 0.4) is 0 Å². The number of aromatic carboxylic acids is 1. The molecule has 2 aromatic rings. The van der Waals surface area contributed by atoms with Crippen LogP contribution in [0.5, 0.6) is 0 Å². The van der Waals surface area contributed by atoms with Gasteiger partial charge in [0.15, 0.2) is 0 Å². The Labute approximate surface area is 141 Å². The number of hydrogen-bond acceptors (Lipinski definition) is 5. The molecule has 1 aliphatic rings. The maximum absolute atomic E-state index is 11.0. The summed E-state index contributed by atoms with van der Waals surface area (Å²) < 4.78 is 0. The van der Waals surface area contributed by atoms with E-state index in [2.05, 4.69) is 51.4 Å². The predicted octanol–water partition coefficient (Wildman–Crippen LogP) is 2.48. The molecule has 0 radical (unpaired) electrons. The zero-order valence-electron chi connectivity index (χ0n) is 14.0. The van der Waals surface area contributed by atoms with E-state index in [-0.39, 0.29) is 11.6 Å². The van der Waals surface area contributed by atoms with Gasteiger partial charge in [0.2, 0.25) is 5.95 Å². The van der Waals surface area contributed by atoms with Crippen molar-refractivity contribution in [2.24, 2.45) is 0 Å². The highest BCUT2D eigenvalue weighted by Gasteiger charge is 2.23. The molecule has 24 heavy (non-hydrogen) atoms. The number of anilines is 1. The molecule has 1 aromatic carbocycles. The second kappa shape index (κ2) is 6.97. The number of likely N-dealkylation sites (tertiary alicyclic amines) is 1. The zero-order chi connectivity index (χ0) is 17.1. The standard InChI is InChI=1S/C18H22N4O2/c1-12-3-5-14(6-4-12)10-22-8-7-15(11-22)21-18-19-9-16(17(23)24)13(2)20-18/h3-6,9,15H,7-8,10-11H2,1-2H3,(H,23,24)(H,19,20,21)/t15-/m1/s1. The van der Waals surface area contributed by atoms with E-state index in [0.29, 0.717) is 11.6 Å². The smallest absolute Gasteiger partial charge is 0.339 e. The number of nitrogens with one attached hydrogen (secondary N) is 1. The molecule has 0 bridgehead atoms. The molecule has 0 aliphatic carbocycles. The van der Waals surface area contributed by atoms with Crippen molar-refractivity contribution < 1.29 is 9.90 Å². The van der Waals surface area contributed by atoms with Crippen LogP contribution in [0.4, 0.5) is 5.95 Å². The Morgan fingerprint density at radius 1 is 1.33 bits per heavy atom. The molecule has 6 heteroatoms. The van der Waals surface area contributed by atoms with Crippen molar-refractivity contribution in [3.05, 3.63) is 52.8 Å². The minimum Gasteiger partial charge on any atom is -0.478 e. The Hall–Kier alpha value is -2.47. The van der Waals surface area contributed by atoms with Crippen molar-refractivity contribution in [2.75, 3.05) is 18.4 Å². The Kier molecular flexibility index (Phi) is 4.76. The molecule has 3 rings (SSSR count). The minimum absolute atomic E-state index is 0.146.